The molecule has 3 N–H and O–H groups in total. The molecule has 106 valence electrons. The van der Waals surface area contributed by atoms with Crippen LogP contribution in [-0.2, 0) is 14.8 Å². The van der Waals surface area contributed by atoms with E-state index in [1.54, 1.807) is 6.07 Å². The molecule has 1 aromatic rings. The van der Waals surface area contributed by atoms with Gasteiger partial charge in [0.15, 0.2) is 0 Å². The highest BCUT2D eigenvalue weighted by atomic mass is 32.2. The zero-order valence-electron chi connectivity index (χ0n) is 11.0. The number of carbonyl (C=O) groups is 1. The number of amides is 1. The standard InChI is InChI=1S/C12H18N2O3S2/c1-7-6-11(18-8(7)2)19(16,17)14-10-5-3-4-9(10)12(13)15/h6,9-10,14H,3-5H2,1-2H3,(H2,13,15)/t9-,10-/m1/s1. The Balaban J connectivity index is 2.20. The van der Waals surface area contributed by atoms with Crippen LogP contribution >= 0.6 is 11.3 Å². The van der Waals surface area contributed by atoms with Gasteiger partial charge in [-0.2, -0.15) is 0 Å². The summed E-state index contributed by atoms with van der Waals surface area (Å²) < 4.78 is 27.5. The monoisotopic (exact) mass is 302 g/mol. The van der Waals surface area contributed by atoms with E-state index in [9.17, 15) is 13.2 Å². The van der Waals surface area contributed by atoms with Gasteiger partial charge in [0.25, 0.3) is 0 Å². The van der Waals surface area contributed by atoms with Crippen molar-refractivity contribution in [3.8, 4) is 0 Å². The van der Waals surface area contributed by atoms with Gasteiger partial charge in [0.2, 0.25) is 15.9 Å². The van der Waals surface area contributed by atoms with E-state index in [4.69, 9.17) is 5.73 Å². The summed E-state index contributed by atoms with van der Waals surface area (Å²) in [7, 11) is -3.55. The second kappa shape index (κ2) is 5.22. The fourth-order valence-electron chi connectivity index (χ4n) is 2.37. The van der Waals surface area contributed by atoms with E-state index in [1.165, 1.54) is 11.3 Å². The summed E-state index contributed by atoms with van der Waals surface area (Å²) in [6.45, 7) is 3.77. The minimum absolute atomic E-state index is 0.303. The zero-order valence-corrected chi connectivity index (χ0v) is 12.6. The van der Waals surface area contributed by atoms with E-state index in [-0.39, 0.29) is 6.04 Å². The third-order valence-corrected chi connectivity index (χ3v) is 6.71. The summed E-state index contributed by atoms with van der Waals surface area (Å²) in [5.41, 5.74) is 6.26. The van der Waals surface area contributed by atoms with Crippen LogP contribution in [0.1, 0.15) is 29.7 Å². The quantitative estimate of drug-likeness (QED) is 0.878. The third-order valence-electron chi connectivity index (χ3n) is 3.60. The Morgan fingerprint density at radius 1 is 1.42 bits per heavy atom. The highest BCUT2D eigenvalue weighted by molar-refractivity contribution is 7.91. The van der Waals surface area contributed by atoms with E-state index in [0.29, 0.717) is 17.1 Å². The van der Waals surface area contributed by atoms with Gasteiger partial charge in [-0.3, -0.25) is 4.79 Å². The number of hydrogen-bond acceptors (Lipinski definition) is 4. The van der Waals surface area contributed by atoms with Crippen molar-refractivity contribution in [3.63, 3.8) is 0 Å². The molecule has 1 aliphatic carbocycles. The Morgan fingerprint density at radius 3 is 2.63 bits per heavy atom. The van der Waals surface area contributed by atoms with Crippen LogP contribution in [0.25, 0.3) is 0 Å². The van der Waals surface area contributed by atoms with Crippen molar-refractivity contribution in [2.75, 3.05) is 0 Å². The molecule has 19 heavy (non-hydrogen) atoms. The number of thiophene rings is 1. The van der Waals surface area contributed by atoms with Crippen molar-refractivity contribution in [1.29, 1.82) is 0 Å². The lowest BCUT2D eigenvalue weighted by atomic mass is 10.0. The smallest absolute Gasteiger partial charge is 0.250 e. The van der Waals surface area contributed by atoms with Gasteiger partial charge in [-0.15, -0.1) is 11.3 Å². The summed E-state index contributed by atoms with van der Waals surface area (Å²) >= 11 is 1.25. The molecule has 1 amide bonds. The minimum Gasteiger partial charge on any atom is -0.369 e. The van der Waals surface area contributed by atoms with Crippen LogP contribution in [0.2, 0.25) is 0 Å². The Bertz CT molecular complexity index is 573. The third kappa shape index (κ3) is 2.98. The summed E-state index contributed by atoms with van der Waals surface area (Å²) in [5.74, 6) is -0.819. The number of aryl methyl sites for hydroxylation is 2. The van der Waals surface area contributed by atoms with E-state index >= 15 is 0 Å². The first kappa shape index (κ1) is 14.5. The maximum absolute atomic E-state index is 12.3. The number of nitrogens with two attached hydrogens (primary N) is 1. The first-order chi connectivity index (χ1) is 8.81. The number of nitrogens with one attached hydrogen (secondary N) is 1. The average Bonchev–Trinajstić information content (AvgIpc) is 2.87. The molecule has 2 atom stereocenters. The maximum Gasteiger partial charge on any atom is 0.250 e. The van der Waals surface area contributed by atoms with Crippen molar-refractivity contribution in [2.45, 2.75) is 43.4 Å². The number of primary amides is 1. The first-order valence-corrected chi connectivity index (χ1v) is 8.50. The molecule has 2 rings (SSSR count). The van der Waals surface area contributed by atoms with Gasteiger partial charge in [-0.25, -0.2) is 13.1 Å². The second-order valence-electron chi connectivity index (χ2n) is 4.97. The summed E-state index contributed by atoms with van der Waals surface area (Å²) in [4.78, 5) is 12.3. The summed E-state index contributed by atoms with van der Waals surface area (Å²) in [5, 5.41) is 0. The Kier molecular flexibility index (Phi) is 3.98. The number of rotatable bonds is 4. The normalized spacial score (nSPS) is 23.7. The van der Waals surface area contributed by atoms with Gasteiger partial charge >= 0.3 is 0 Å². The van der Waals surface area contributed by atoms with Gasteiger partial charge in [0.1, 0.15) is 4.21 Å². The van der Waals surface area contributed by atoms with Gasteiger partial charge in [0, 0.05) is 10.9 Å². The largest absolute Gasteiger partial charge is 0.369 e. The van der Waals surface area contributed by atoms with Crippen LogP contribution in [0.3, 0.4) is 0 Å². The number of carbonyl (C=O) groups excluding carboxylic acids is 1. The first-order valence-electron chi connectivity index (χ1n) is 6.20. The topological polar surface area (TPSA) is 89.3 Å². The van der Waals surface area contributed by atoms with Gasteiger partial charge in [-0.1, -0.05) is 6.42 Å². The van der Waals surface area contributed by atoms with Gasteiger partial charge < -0.3 is 5.73 Å². The SMILES string of the molecule is Cc1cc(S(=O)(=O)N[C@@H]2CCC[C@H]2C(N)=O)sc1C. The maximum atomic E-state index is 12.3. The van der Waals surface area contributed by atoms with Crippen LogP contribution < -0.4 is 10.5 Å². The number of hydrogen-bond donors (Lipinski definition) is 2. The molecule has 0 radical (unpaired) electrons. The van der Waals surface area contributed by atoms with Crippen molar-refractivity contribution in [2.24, 2.45) is 11.7 Å². The molecular weight excluding hydrogens is 284 g/mol. The fourth-order valence-corrected chi connectivity index (χ4v) is 5.22. The Hall–Kier alpha value is -0.920. The Morgan fingerprint density at radius 2 is 2.11 bits per heavy atom. The van der Waals surface area contributed by atoms with Crippen LogP contribution in [0.5, 0.6) is 0 Å². The number of sulfonamides is 1. The molecule has 0 aliphatic heterocycles. The highest BCUT2D eigenvalue weighted by Gasteiger charge is 2.35. The van der Waals surface area contributed by atoms with Crippen molar-refractivity contribution in [1.82, 2.24) is 4.72 Å². The molecule has 0 aromatic carbocycles. The van der Waals surface area contributed by atoms with Crippen LogP contribution in [-0.4, -0.2) is 20.4 Å². The predicted octanol–water partition coefficient (Wildman–Crippen LogP) is 1.30. The van der Waals surface area contributed by atoms with Crippen LogP contribution in [0, 0.1) is 19.8 Å². The minimum atomic E-state index is -3.55. The van der Waals surface area contributed by atoms with Gasteiger partial charge in [0.05, 0.1) is 5.92 Å². The lowest BCUT2D eigenvalue weighted by Crippen LogP contribution is -2.42. The summed E-state index contributed by atoms with van der Waals surface area (Å²) in [6.07, 6.45) is 2.14. The van der Waals surface area contributed by atoms with E-state index < -0.39 is 21.8 Å². The zero-order chi connectivity index (χ0) is 14.2. The second-order valence-corrected chi connectivity index (χ2v) is 8.17. The molecule has 0 bridgehead atoms. The predicted molar refractivity (Wildman–Crippen MR) is 74.4 cm³/mol. The molecule has 0 saturated heterocycles. The molecule has 5 nitrogen and oxygen atoms in total. The van der Waals surface area contributed by atoms with E-state index in [1.807, 2.05) is 13.8 Å². The molecule has 0 spiro atoms. The highest BCUT2D eigenvalue weighted by Crippen LogP contribution is 2.29. The fraction of sp³-hybridized carbons (Fsp3) is 0.583. The lowest BCUT2D eigenvalue weighted by Gasteiger charge is -2.17. The molecule has 7 heteroatoms. The lowest BCUT2D eigenvalue weighted by molar-refractivity contribution is -0.122. The van der Waals surface area contributed by atoms with E-state index in [0.717, 1.165) is 16.9 Å². The summed E-state index contributed by atoms with van der Waals surface area (Å²) in [6, 6.07) is 1.29. The molecule has 1 aromatic heterocycles. The molecular formula is C12H18N2O3S2. The van der Waals surface area contributed by atoms with Crippen molar-refractivity contribution in [3.05, 3.63) is 16.5 Å². The average molecular weight is 302 g/mol. The van der Waals surface area contributed by atoms with Crippen molar-refractivity contribution >= 4 is 27.3 Å². The van der Waals surface area contributed by atoms with Crippen LogP contribution in [0.4, 0.5) is 0 Å². The molecule has 1 heterocycles. The molecule has 0 unspecified atom stereocenters. The molecule has 1 saturated carbocycles. The molecule has 1 fully saturated rings. The van der Waals surface area contributed by atoms with Gasteiger partial charge in [-0.05, 0) is 38.3 Å². The van der Waals surface area contributed by atoms with Crippen molar-refractivity contribution < 1.29 is 13.2 Å². The van der Waals surface area contributed by atoms with Crippen LogP contribution in [0.15, 0.2) is 10.3 Å². The van der Waals surface area contributed by atoms with E-state index in [2.05, 4.69) is 4.72 Å². The molecule has 1 aliphatic rings. The Labute approximate surface area is 117 Å².